The van der Waals surface area contributed by atoms with Crippen molar-refractivity contribution in [3.63, 3.8) is 0 Å². The van der Waals surface area contributed by atoms with Crippen LogP contribution in [0.3, 0.4) is 0 Å². The maximum Gasteiger partial charge on any atom is 0.270 e. The van der Waals surface area contributed by atoms with Crippen LogP contribution in [-0.4, -0.2) is 17.0 Å². The van der Waals surface area contributed by atoms with Crippen molar-refractivity contribution in [2.75, 3.05) is 11.7 Å². The molecule has 2 aromatic rings. The Morgan fingerprint density at radius 3 is 2.68 bits per heavy atom. The number of fused-ring (bicyclic) bond motifs is 1. The molecular weight excluding hydrogens is 354 g/mol. The van der Waals surface area contributed by atoms with E-state index in [2.05, 4.69) is 6.92 Å². The van der Waals surface area contributed by atoms with Gasteiger partial charge >= 0.3 is 0 Å². The molecule has 0 unspecified atom stereocenters. The number of anilines is 1. The van der Waals surface area contributed by atoms with Gasteiger partial charge in [-0.3, -0.25) is 9.69 Å². The number of hydrogen-bond donors (Lipinski definition) is 0. The lowest BCUT2D eigenvalue weighted by atomic mass is 10.1. The summed E-state index contributed by atoms with van der Waals surface area (Å²) in [6.07, 6.45) is 2.80. The van der Waals surface area contributed by atoms with Crippen molar-refractivity contribution in [2.45, 2.75) is 13.3 Å². The van der Waals surface area contributed by atoms with Crippen molar-refractivity contribution in [1.29, 1.82) is 0 Å². The van der Waals surface area contributed by atoms with E-state index in [4.69, 9.17) is 21.7 Å². The predicted molar refractivity (Wildman–Crippen MR) is 104 cm³/mol. The van der Waals surface area contributed by atoms with E-state index in [1.54, 1.807) is 4.90 Å². The van der Waals surface area contributed by atoms with E-state index in [1.165, 1.54) is 17.3 Å². The highest BCUT2D eigenvalue weighted by Gasteiger charge is 2.33. The van der Waals surface area contributed by atoms with E-state index in [9.17, 15) is 4.79 Å². The monoisotopic (exact) mass is 369 g/mol. The van der Waals surface area contributed by atoms with E-state index in [-0.39, 0.29) is 12.7 Å². The van der Waals surface area contributed by atoms with Crippen LogP contribution in [0, 0.1) is 0 Å². The van der Waals surface area contributed by atoms with Crippen molar-refractivity contribution in [3.05, 3.63) is 58.5 Å². The Kier molecular flexibility index (Phi) is 4.23. The molecule has 2 aromatic carbocycles. The van der Waals surface area contributed by atoms with Crippen molar-refractivity contribution >= 4 is 46.0 Å². The summed E-state index contributed by atoms with van der Waals surface area (Å²) in [6.45, 7) is 2.33. The summed E-state index contributed by atoms with van der Waals surface area (Å²) in [5.74, 6) is 1.32. The second-order valence-electron chi connectivity index (χ2n) is 5.65. The Bertz CT molecular complexity index is 890. The quantitative estimate of drug-likeness (QED) is 0.593. The second-order valence-corrected chi connectivity index (χ2v) is 7.33. The van der Waals surface area contributed by atoms with Gasteiger partial charge in [-0.15, -0.1) is 0 Å². The number of thiocarbonyl (C=S) groups is 1. The van der Waals surface area contributed by atoms with Gasteiger partial charge in [-0.25, -0.2) is 0 Å². The van der Waals surface area contributed by atoms with Crippen LogP contribution in [0.15, 0.2) is 47.4 Å². The maximum atomic E-state index is 12.8. The zero-order valence-corrected chi connectivity index (χ0v) is 15.2. The van der Waals surface area contributed by atoms with Crippen LogP contribution in [-0.2, 0) is 11.2 Å². The minimum absolute atomic E-state index is 0.100. The molecule has 0 aromatic heterocycles. The highest BCUT2D eigenvalue weighted by Crippen LogP contribution is 2.38. The molecule has 2 heterocycles. The number of benzene rings is 2. The third-order valence-corrected chi connectivity index (χ3v) is 5.39. The Labute approximate surface area is 155 Å². The molecule has 0 saturated carbocycles. The van der Waals surface area contributed by atoms with Crippen molar-refractivity contribution < 1.29 is 14.3 Å². The molecule has 2 aliphatic heterocycles. The summed E-state index contributed by atoms with van der Waals surface area (Å²) in [5, 5.41) is 0. The molecule has 2 aliphatic rings. The number of hydrogen-bond acceptors (Lipinski definition) is 5. The van der Waals surface area contributed by atoms with Crippen molar-refractivity contribution in [1.82, 2.24) is 0 Å². The Hall–Kier alpha value is -2.31. The highest BCUT2D eigenvalue weighted by molar-refractivity contribution is 8.27. The minimum atomic E-state index is -0.100. The van der Waals surface area contributed by atoms with Gasteiger partial charge in [0, 0.05) is 0 Å². The molecule has 0 N–H and O–H groups in total. The molecule has 1 fully saturated rings. The molecule has 1 saturated heterocycles. The molecule has 6 heteroatoms. The lowest BCUT2D eigenvalue weighted by Gasteiger charge is -2.14. The Morgan fingerprint density at radius 1 is 1.16 bits per heavy atom. The first-order valence-electron chi connectivity index (χ1n) is 7.92. The molecule has 0 radical (unpaired) electrons. The number of carbonyl (C=O) groups excluding carboxylic acids is 1. The molecular formula is C19H15NO3S2. The normalized spacial score (nSPS) is 17.6. The van der Waals surface area contributed by atoms with Gasteiger partial charge in [0.1, 0.15) is 0 Å². The third kappa shape index (κ3) is 3.03. The number of thioether (sulfide) groups is 1. The maximum absolute atomic E-state index is 12.8. The molecule has 0 aliphatic carbocycles. The number of carbonyl (C=O) groups is 1. The number of rotatable bonds is 3. The van der Waals surface area contributed by atoms with Gasteiger partial charge in [-0.2, -0.15) is 0 Å². The minimum Gasteiger partial charge on any atom is -0.454 e. The third-order valence-electron chi connectivity index (χ3n) is 4.09. The molecule has 4 nitrogen and oxygen atoms in total. The van der Waals surface area contributed by atoms with Crippen LogP contribution in [0.2, 0.25) is 0 Å². The van der Waals surface area contributed by atoms with Gasteiger partial charge in [-0.05, 0) is 47.9 Å². The van der Waals surface area contributed by atoms with Crippen LogP contribution >= 0.6 is 24.0 Å². The molecule has 126 valence electrons. The van der Waals surface area contributed by atoms with Gasteiger partial charge in [0.05, 0.1) is 10.6 Å². The lowest BCUT2D eigenvalue weighted by molar-refractivity contribution is -0.113. The fraction of sp³-hybridized carbons (Fsp3) is 0.158. The molecule has 1 amide bonds. The summed E-state index contributed by atoms with van der Waals surface area (Å²) in [6, 6.07) is 13.5. The lowest BCUT2D eigenvalue weighted by Crippen LogP contribution is -2.27. The van der Waals surface area contributed by atoms with E-state index < -0.39 is 0 Å². The Morgan fingerprint density at radius 2 is 1.92 bits per heavy atom. The van der Waals surface area contributed by atoms with Crippen LogP contribution in [0.25, 0.3) is 6.08 Å². The molecule has 0 atom stereocenters. The summed E-state index contributed by atoms with van der Waals surface area (Å²) in [5.41, 5.74) is 2.91. The fourth-order valence-corrected chi connectivity index (χ4v) is 4.02. The van der Waals surface area contributed by atoms with Crippen LogP contribution in [0.1, 0.15) is 18.1 Å². The Balaban J connectivity index is 1.62. The van der Waals surface area contributed by atoms with Gasteiger partial charge < -0.3 is 9.47 Å². The van der Waals surface area contributed by atoms with Gasteiger partial charge in [0.2, 0.25) is 6.79 Å². The molecule has 25 heavy (non-hydrogen) atoms. The molecule has 0 bridgehead atoms. The average Bonchev–Trinajstić information content (AvgIpc) is 3.19. The van der Waals surface area contributed by atoms with E-state index in [0.717, 1.165) is 23.4 Å². The van der Waals surface area contributed by atoms with Crippen LogP contribution in [0.5, 0.6) is 11.5 Å². The number of aryl methyl sites for hydroxylation is 1. The molecule has 4 rings (SSSR count). The number of amides is 1. The summed E-state index contributed by atoms with van der Waals surface area (Å²) in [7, 11) is 0. The largest absolute Gasteiger partial charge is 0.454 e. The zero-order chi connectivity index (χ0) is 17.4. The standard InChI is InChI=1S/C19H15NO3S2/c1-2-12-3-6-14(7-4-12)20-18(21)17(25-19(20)24)10-13-5-8-15-16(9-13)23-11-22-15/h3-10H,2,11H2,1H3/b17-10-. The first kappa shape index (κ1) is 16.2. The summed E-state index contributed by atoms with van der Waals surface area (Å²) >= 11 is 6.73. The van der Waals surface area contributed by atoms with Crippen LogP contribution < -0.4 is 14.4 Å². The summed E-state index contributed by atoms with van der Waals surface area (Å²) in [4.78, 5) is 15.0. The number of nitrogens with zero attached hydrogens (tertiary/aromatic N) is 1. The van der Waals surface area contributed by atoms with Gasteiger partial charge in [0.25, 0.3) is 5.91 Å². The fourth-order valence-electron chi connectivity index (χ4n) is 2.73. The van der Waals surface area contributed by atoms with Crippen LogP contribution in [0.4, 0.5) is 5.69 Å². The SMILES string of the molecule is CCc1ccc(N2C(=O)/C(=C/c3ccc4c(c3)OCO4)SC2=S)cc1. The smallest absolute Gasteiger partial charge is 0.270 e. The van der Waals surface area contributed by atoms with Crippen molar-refractivity contribution in [3.8, 4) is 11.5 Å². The van der Waals surface area contributed by atoms with Gasteiger partial charge in [0.15, 0.2) is 15.8 Å². The molecule has 0 spiro atoms. The van der Waals surface area contributed by atoms with Crippen molar-refractivity contribution in [2.24, 2.45) is 0 Å². The zero-order valence-electron chi connectivity index (χ0n) is 13.5. The highest BCUT2D eigenvalue weighted by atomic mass is 32.2. The summed E-state index contributed by atoms with van der Waals surface area (Å²) < 4.78 is 11.2. The van der Waals surface area contributed by atoms with E-state index >= 15 is 0 Å². The van der Waals surface area contributed by atoms with E-state index in [0.29, 0.717) is 15.0 Å². The second kappa shape index (κ2) is 6.54. The van der Waals surface area contributed by atoms with Gasteiger partial charge in [-0.1, -0.05) is 49.1 Å². The average molecular weight is 369 g/mol. The van der Waals surface area contributed by atoms with E-state index in [1.807, 2.05) is 48.5 Å². The number of ether oxygens (including phenoxy) is 2. The predicted octanol–water partition coefficient (Wildman–Crippen LogP) is 4.38. The first-order chi connectivity index (χ1) is 12.2. The first-order valence-corrected chi connectivity index (χ1v) is 9.15. The topological polar surface area (TPSA) is 38.8 Å².